The topological polar surface area (TPSA) is 52.7 Å². The maximum Gasteiger partial charge on any atom is 0.255 e. The molecule has 0 aromatic heterocycles. The molecule has 3 aromatic carbocycles. The van der Waals surface area contributed by atoms with Gasteiger partial charge in [-0.3, -0.25) is 9.59 Å². The number of amides is 2. The molecule has 0 fully saturated rings. The summed E-state index contributed by atoms with van der Waals surface area (Å²) in [5.74, 6) is -1.66. The van der Waals surface area contributed by atoms with E-state index in [2.05, 4.69) is 5.32 Å². The van der Waals surface area contributed by atoms with Crippen LogP contribution in [-0.4, -0.2) is 36.9 Å². The largest absolute Gasteiger partial charge is 0.377 e. The molecule has 1 N–H and O–H groups in total. The predicted octanol–water partition coefficient (Wildman–Crippen LogP) is 5.72. The molecule has 7 heteroatoms. The average Bonchev–Trinajstić information content (AvgIpc) is 2.81. The lowest BCUT2D eigenvalue weighted by atomic mass is 10.1. The van der Waals surface area contributed by atoms with E-state index in [-0.39, 0.29) is 29.6 Å². The van der Waals surface area contributed by atoms with Crippen LogP contribution in [0, 0.1) is 11.6 Å². The van der Waals surface area contributed by atoms with Crippen LogP contribution in [0.3, 0.4) is 0 Å². The molecule has 0 radical (unpaired) electrons. The molecule has 0 aliphatic rings. The van der Waals surface area contributed by atoms with Gasteiger partial charge in [-0.2, -0.15) is 0 Å². The van der Waals surface area contributed by atoms with Gasteiger partial charge in [0.15, 0.2) is 0 Å². The summed E-state index contributed by atoms with van der Waals surface area (Å²) in [5, 5.41) is 2.80. The highest BCUT2D eigenvalue weighted by molar-refractivity contribution is 6.04. The summed E-state index contributed by atoms with van der Waals surface area (Å²) in [5.41, 5.74) is 2.70. The Morgan fingerprint density at radius 3 is 2.12 bits per heavy atom. The van der Waals surface area contributed by atoms with Crippen LogP contribution in [0.15, 0.2) is 66.7 Å². The molecule has 0 saturated heterocycles. The molecule has 0 spiro atoms. The number of benzene rings is 3. The monoisotopic (exact) mass is 465 g/mol. The van der Waals surface area contributed by atoms with Crippen LogP contribution in [0.2, 0.25) is 0 Å². The third-order valence-electron chi connectivity index (χ3n) is 5.70. The van der Waals surface area contributed by atoms with Gasteiger partial charge in [-0.25, -0.2) is 8.78 Å². The Kier molecular flexibility index (Phi) is 7.99. The standard InChI is InChI=1S/C27H29F2N3O2/c1-5-18(2)32(27(34)20-9-7-11-23(29)15-20)17-21-16-24(12-13-25(21)31(3)4)30-26(33)19-8-6-10-22(28)14-19/h6-16,18H,5,17H2,1-4H3,(H,30,33)/t18-/m0/s1. The minimum atomic E-state index is -0.489. The Morgan fingerprint density at radius 1 is 0.912 bits per heavy atom. The van der Waals surface area contributed by atoms with Crippen LogP contribution in [-0.2, 0) is 6.54 Å². The zero-order valence-electron chi connectivity index (χ0n) is 19.8. The quantitative estimate of drug-likeness (QED) is 0.463. The van der Waals surface area contributed by atoms with E-state index in [1.165, 1.54) is 42.5 Å². The summed E-state index contributed by atoms with van der Waals surface area (Å²) < 4.78 is 27.3. The second kappa shape index (κ2) is 10.9. The number of nitrogens with zero attached hydrogens (tertiary/aromatic N) is 2. The molecule has 1 atom stereocenters. The van der Waals surface area contributed by atoms with Gasteiger partial charge in [-0.05, 0) is 73.5 Å². The minimum absolute atomic E-state index is 0.101. The smallest absolute Gasteiger partial charge is 0.255 e. The minimum Gasteiger partial charge on any atom is -0.377 e. The van der Waals surface area contributed by atoms with E-state index in [0.717, 1.165) is 11.3 Å². The summed E-state index contributed by atoms with van der Waals surface area (Å²) in [6, 6.07) is 16.5. The lowest BCUT2D eigenvalue weighted by molar-refractivity contribution is 0.0671. The highest BCUT2D eigenvalue weighted by atomic mass is 19.1. The number of hydrogen-bond donors (Lipinski definition) is 1. The Hall–Kier alpha value is -3.74. The number of rotatable bonds is 8. The third-order valence-corrected chi connectivity index (χ3v) is 5.70. The summed E-state index contributed by atoms with van der Waals surface area (Å²) in [6.45, 7) is 4.20. The average molecular weight is 466 g/mol. The summed E-state index contributed by atoms with van der Waals surface area (Å²) in [7, 11) is 3.79. The number of nitrogens with one attached hydrogen (secondary N) is 1. The number of hydrogen-bond acceptors (Lipinski definition) is 3. The van der Waals surface area contributed by atoms with Gasteiger partial charge in [0.05, 0.1) is 0 Å². The van der Waals surface area contributed by atoms with Crippen LogP contribution in [0.4, 0.5) is 20.2 Å². The molecule has 3 aromatic rings. The summed E-state index contributed by atoms with van der Waals surface area (Å²) >= 11 is 0. The van der Waals surface area contributed by atoms with Crippen molar-refractivity contribution in [2.75, 3.05) is 24.3 Å². The highest BCUT2D eigenvalue weighted by Crippen LogP contribution is 2.27. The van der Waals surface area contributed by atoms with Crippen LogP contribution in [0.5, 0.6) is 0 Å². The van der Waals surface area contributed by atoms with Crippen molar-refractivity contribution in [1.29, 1.82) is 0 Å². The van der Waals surface area contributed by atoms with Crippen molar-refractivity contribution in [1.82, 2.24) is 4.90 Å². The van der Waals surface area contributed by atoms with E-state index in [4.69, 9.17) is 0 Å². The first-order valence-electron chi connectivity index (χ1n) is 11.1. The molecule has 178 valence electrons. The molecule has 0 bridgehead atoms. The molecular weight excluding hydrogens is 436 g/mol. The number of carbonyl (C=O) groups is 2. The molecule has 0 saturated carbocycles. The maximum absolute atomic E-state index is 13.8. The molecular formula is C27H29F2N3O2. The first-order valence-corrected chi connectivity index (χ1v) is 11.1. The van der Waals surface area contributed by atoms with Crippen molar-refractivity contribution in [2.45, 2.75) is 32.9 Å². The molecule has 2 amide bonds. The first-order chi connectivity index (χ1) is 16.2. The molecule has 34 heavy (non-hydrogen) atoms. The molecule has 0 unspecified atom stereocenters. The van der Waals surface area contributed by atoms with Crippen LogP contribution in [0.25, 0.3) is 0 Å². The molecule has 0 aliphatic heterocycles. The summed E-state index contributed by atoms with van der Waals surface area (Å²) in [4.78, 5) is 29.5. The fraction of sp³-hybridized carbons (Fsp3) is 0.259. The fourth-order valence-corrected chi connectivity index (χ4v) is 3.68. The van der Waals surface area contributed by atoms with Crippen molar-refractivity contribution >= 4 is 23.2 Å². The van der Waals surface area contributed by atoms with E-state index in [1.54, 1.807) is 23.1 Å². The highest BCUT2D eigenvalue weighted by Gasteiger charge is 2.23. The van der Waals surface area contributed by atoms with Crippen molar-refractivity contribution in [3.05, 3.63) is 95.1 Å². The second-order valence-corrected chi connectivity index (χ2v) is 8.40. The van der Waals surface area contributed by atoms with Gasteiger partial charge in [-0.15, -0.1) is 0 Å². The van der Waals surface area contributed by atoms with Crippen molar-refractivity contribution in [3.8, 4) is 0 Å². The normalized spacial score (nSPS) is 11.6. The van der Waals surface area contributed by atoms with E-state index in [9.17, 15) is 18.4 Å². The van der Waals surface area contributed by atoms with Crippen molar-refractivity contribution < 1.29 is 18.4 Å². The van der Waals surface area contributed by atoms with E-state index >= 15 is 0 Å². The lowest BCUT2D eigenvalue weighted by Gasteiger charge is -2.31. The number of carbonyl (C=O) groups excluding carboxylic acids is 2. The van der Waals surface area contributed by atoms with Crippen molar-refractivity contribution in [3.63, 3.8) is 0 Å². The SMILES string of the molecule is CC[C@H](C)N(Cc1cc(NC(=O)c2cccc(F)c2)ccc1N(C)C)C(=O)c1cccc(F)c1. The van der Waals surface area contributed by atoms with Gasteiger partial charge in [0.1, 0.15) is 11.6 Å². The Bertz CT molecular complexity index is 1180. The zero-order valence-corrected chi connectivity index (χ0v) is 19.8. The van der Waals surface area contributed by atoms with E-state index in [0.29, 0.717) is 12.1 Å². The summed E-state index contributed by atoms with van der Waals surface area (Å²) in [6.07, 6.45) is 0.717. The maximum atomic E-state index is 13.8. The van der Waals surface area contributed by atoms with E-state index < -0.39 is 17.5 Å². The van der Waals surface area contributed by atoms with Crippen LogP contribution < -0.4 is 10.2 Å². The van der Waals surface area contributed by atoms with Crippen molar-refractivity contribution in [2.24, 2.45) is 0 Å². The van der Waals surface area contributed by atoms with E-state index in [1.807, 2.05) is 38.9 Å². The Balaban J connectivity index is 1.93. The van der Waals surface area contributed by atoms with Gasteiger partial charge in [0.25, 0.3) is 11.8 Å². The number of halogens is 2. The zero-order chi connectivity index (χ0) is 24.8. The first kappa shape index (κ1) is 24.9. The Morgan fingerprint density at radius 2 is 1.53 bits per heavy atom. The molecule has 0 aliphatic carbocycles. The Labute approximate surface area is 199 Å². The lowest BCUT2D eigenvalue weighted by Crippen LogP contribution is -2.38. The van der Waals surface area contributed by atoms with Gasteiger partial charge < -0.3 is 15.1 Å². The third kappa shape index (κ3) is 5.98. The van der Waals surface area contributed by atoms with Crippen LogP contribution in [0.1, 0.15) is 46.5 Å². The predicted molar refractivity (Wildman–Crippen MR) is 131 cm³/mol. The number of anilines is 2. The van der Waals surface area contributed by atoms with Gasteiger partial charge >= 0.3 is 0 Å². The molecule has 3 rings (SSSR count). The van der Waals surface area contributed by atoms with Gasteiger partial charge in [0, 0.05) is 49.2 Å². The second-order valence-electron chi connectivity index (χ2n) is 8.40. The van der Waals surface area contributed by atoms with Gasteiger partial charge in [-0.1, -0.05) is 19.1 Å². The van der Waals surface area contributed by atoms with Gasteiger partial charge in [0.2, 0.25) is 0 Å². The van der Waals surface area contributed by atoms with Crippen LogP contribution >= 0.6 is 0 Å². The molecule has 0 heterocycles. The molecule has 5 nitrogen and oxygen atoms in total. The fourth-order valence-electron chi connectivity index (χ4n) is 3.68.